The van der Waals surface area contributed by atoms with Gasteiger partial charge in [0.2, 0.25) is 0 Å². The van der Waals surface area contributed by atoms with E-state index < -0.39 is 14.9 Å². The Hall–Kier alpha value is -2.26. The van der Waals surface area contributed by atoms with Gasteiger partial charge >= 0.3 is 0 Å². The SMILES string of the molecule is O=[N+]([O-])c1ccccc1CNS(=O)(=O)c1cnc[nH]1. The fourth-order valence-corrected chi connectivity index (χ4v) is 2.39. The van der Waals surface area contributed by atoms with Crippen LogP contribution in [0.15, 0.2) is 41.8 Å². The summed E-state index contributed by atoms with van der Waals surface area (Å²) in [6.07, 6.45) is 2.39. The van der Waals surface area contributed by atoms with Crippen LogP contribution in [0.2, 0.25) is 0 Å². The zero-order chi connectivity index (χ0) is 13.9. The van der Waals surface area contributed by atoms with Crippen LogP contribution in [0.5, 0.6) is 0 Å². The zero-order valence-electron chi connectivity index (χ0n) is 9.61. The number of hydrogen-bond acceptors (Lipinski definition) is 5. The number of rotatable bonds is 5. The Morgan fingerprint density at radius 1 is 1.37 bits per heavy atom. The first-order valence-electron chi connectivity index (χ1n) is 5.21. The molecule has 9 heteroatoms. The van der Waals surface area contributed by atoms with E-state index in [0.717, 1.165) is 6.20 Å². The van der Waals surface area contributed by atoms with Gasteiger partial charge in [0.25, 0.3) is 15.7 Å². The van der Waals surface area contributed by atoms with Gasteiger partial charge in [0.1, 0.15) is 0 Å². The molecule has 19 heavy (non-hydrogen) atoms. The molecule has 100 valence electrons. The number of aromatic nitrogens is 2. The number of nitrogens with one attached hydrogen (secondary N) is 2. The molecule has 1 aromatic heterocycles. The molecule has 2 aromatic rings. The molecule has 2 rings (SSSR count). The summed E-state index contributed by atoms with van der Waals surface area (Å²) in [6.45, 7) is -0.168. The summed E-state index contributed by atoms with van der Waals surface area (Å²) in [6, 6.07) is 5.94. The van der Waals surface area contributed by atoms with Crippen molar-refractivity contribution in [3.63, 3.8) is 0 Å². The van der Waals surface area contributed by atoms with E-state index in [0.29, 0.717) is 0 Å². The van der Waals surface area contributed by atoms with Gasteiger partial charge in [0.05, 0.1) is 17.4 Å². The lowest BCUT2D eigenvalue weighted by Crippen LogP contribution is -2.23. The van der Waals surface area contributed by atoms with Gasteiger partial charge in [-0.05, 0) is 0 Å². The normalized spacial score (nSPS) is 11.4. The molecule has 0 fully saturated rings. The molecule has 0 aliphatic rings. The lowest BCUT2D eigenvalue weighted by molar-refractivity contribution is -0.385. The summed E-state index contributed by atoms with van der Waals surface area (Å²) in [5, 5.41) is 10.7. The van der Waals surface area contributed by atoms with Crippen LogP contribution in [0.25, 0.3) is 0 Å². The van der Waals surface area contributed by atoms with Gasteiger partial charge in [-0.3, -0.25) is 10.1 Å². The summed E-state index contributed by atoms with van der Waals surface area (Å²) in [7, 11) is -3.75. The molecule has 1 aromatic carbocycles. The fraction of sp³-hybridized carbons (Fsp3) is 0.100. The van der Waals surface area contributed by atoms with E-state index in [2.05, 4.69) is 14.7 Å². The number of imidazole rings is 1. The lowest BCUT2D eigenvalue weighted by atomic mass is 10.2. The van der Waals surface area contributed by atoms with E-state index in [1.54, 1.807) is 6.07 Å². The molecule has 0 bridgehead atoms. The number of nitrogens with zero attached hydrogens (tertiary/aromatic N) is 2. The van der Waals surface area contributed by atoms with Gasteiger partial charge in [-0.2, -0.15) is 0 Å². The number of sulfonamides is 1. The quantitative estimate of drug-likeness (QED) is 0.621. The minimum absolute atomic E-state index is 0.0916. The summed E-state index contributed by atoms with van der Waals surface area (Å²) in [5.74, 6) is 0. The highest BCUT2D eigenvalue weighted by Crippen LogP contribution is 2.17. The van der Waals surface area contributed by atoms with E-state index in [1.807, 2.05) is 0 Å². The molecule has 0 aliphatic heterocycles. The van der Waals surface area contributed by atoms with Crippen molar-refractivity contribution in [1.82, 2.24) is 14.7 Å². The van der Waals surface area contributed by atoms with Crippen LogP contribution in [0, 0.1) is 10.1 Å². The predicted molar refractivity (Wildman–Crippen MR) is 65.7 cm³/mol. The second-order valence-corrected chi connectivity index (χ2v) is 5.36. The highest BCUT2D eigenvalue weighted by atomic mass is 32.2. The number of H-pyrrole nitrogens is 1. The van der Waals surface area contributed by atoms with Crippen molar-refractivity contribution in [3.8, 4) is 0 Å². The van der Waals surface area contributed by atoms with Gasteiger partial charge in [-0.15, -0.1) is 0 Å². The van der Waals surface area contributed by atoms with Crippen molar-refractivity contribution < 1.29 is 13.3 Å². The molecule has 0 radical (unpaired) electrons. The lowest BCUT2D eigenvalue weighted by Gasteiger charge is -2.05. The first-order valence-corrected chi connectivity index (χ1v) is 6.69. The van der Waals surface area contributed by atoms with Gasteiger partial charge in [-0.25, -0.2) is 18.1 Å². The number of hydrogen-bond donors (Lipinski definition) is 2. The molecule has 2 N–H and O–H groups in total. The van der Waals surface area contributed by atoms with Gasteiger partial charge in [0.15, 0.2) is 5.03 Å². The summed E-state index contributed by atoms with van der Waals surface area (Å²) >= 11 is 0. The van der Waals surface area contributed by atoms with Crippen LogP contribution in [-0.2, 0) is 16.6 Å². The first-order chi connectivity index (χ1) is 9.00. The number of aromatic amines is 1. The second kappa shape index (κ2) is 5.16. The molecule has 1 heterocycles. The molecule has 0 atom stereocenters. The van der Waals surface area contributed by atoms with Crippen LogP contribution in [0.4, 0.5) is 5.69 Å². The smallest absolute Gasteiger partial charge is 0.273 e. The monoisotopic (exact) mass is 282 g/mol. The third-order valence-corrected chi connectivity index (χ3v) is 3.73. The average molecular weight is 282 g/mol. The van der Waals surface area contributed by atoms with Crippen LogP contribution in [0.3, 0.4) is 0 Å². The number of nitro groups is 1. The van der Waals surface area contributed by atoms with Crippen LogP contribution in [-0.4, -0.2) is 23.3 Å². The Morgan fingerprint density at radius 2 is 2.11 bits per heavy atom. The van der Waals surface area contributed by atoms with E-state index in [4.69, 9.17) is 0 Å². The number of nitro benzene ring substituents is 1. The molecule has 0 amide bonds. The maximum atomic E-state index is 11.8. The highest BCUT2D eigenvalue weighted by molar-refractivity contribution is 7.89. The minimum Gasteiger partial charge on any atom is -0.335 e. The van der Waals surface area contributed by atoms with Crippen molar-refractivity contribution in [2.45, 2.75) is 11.6 Å². The number of para-hydroxylation sites is 1. The molecule has 8 nitrogen and oxygen atoms in total. The summed E-state index contributed by atoms with van der Waals surface area (Å²) in [5.41, 5.74) is 0.158. The summed E-state index contributed by atoms with van der Waals surface area (Å²) < 4.78 is 25.9. The van der Waals surface area contributed by atoms with Crippen LogP contribution >= 0.6 is 0 Å². The van der Waals surface area contributed by atoms with Crippen LogP contribution < -0.4 is 4.72 Å². The van der Waals surface area contributed by atoms with E-state index in [-0.39, 0.29) is 22.8 Å². The first kappa shape index (κ1) is 13.2. The van der Waals surface area contributed by atoms with E-state index in [1.165, 1.54) is 24.5 Å². The topological polar surface area (TPSA) is 118 Å². The second-order valence-electron chi connectivity index (χ2n) is 3.63. The van der Waals surface area contributed by atoms with Crippen molar-refractivity contribution in [2.75, 3.05) is 0 Å². The number of benzene rings is 1. The van der Waals surface area contributed by atoms with Gasteiger partial charge in [0, 0.05) is 18.2 Å². The average Bonchev–Trinajstić information content (AvgIpc) is 2.91. The van der Waals surface area contributed by atoms with Gasteiger partial charge < -0.3 is 4.98 Å². The Kier molecular flexibility index (Phi) is 3.58. The third-order valence-electron chi connectivity index (χ3n) is 2.40. The molecular formula is C10H10N4O4S. The van der Waals surface area contributed by atoms with E-state index in [9.17, 15) is 18.5 Å². The fourth-order valence-electron chi connectivity index (χ4n) is 1.48. The van der Waals surface area contributed by atoms with Gasteiger partial charge in [-0.1, -0.05) is 18.2 Å². The highest BCUT2D eigenvalue weighted by Gasteiger charge is 2.18. The van der Waals surface area contributed by atoms with E-state index >= 15 is 0 Å². The largest absolute Gasteiger partial charge is 0.335 e. The standard InChI is InChI=1S/C10H10N4O4S/c15-14(16)9-4-2-1-3-8(9)5-13-19(17,18)10-6-11-7-12-10/h1-4,6-7,13H,5H2,(H,11,12). The van der Waals surface area contributed by atoms with Crippen molar-refractivity contribution in [3.05, 3.63) is 52.5 Å². The molecule has 0 spiro atoms. The maximum absolute atomic E-state index is 11.8. The Morgan fingerprint density at radius 3 is 2.74 bits per heavy atom. The Bertz CT molecular complexity index is 681. The van der Waals surface area contributed by atoms with Crippen molar-refractivity contribution >= 4 is 15.7 Å². The van der Waals surface area contributed by atoms with Crippen LogP contribution in [0.1, 0.15) is 5.56 Å². The van der Waals surface area contributed by atoms with Crippen molar-refractivity contribution in [2.24, 2.45) is 0 Å². The minimum atomic E-state index is -3.75. The molecule has 0 saturated heterocycles. The molecule has 0 saturated carbocycles. The summed E-state index contributed by atoms with van der Waals surface area (Å²) in [4.78, 5) is 16.3. The maximum Gasteiger partial charge on any atom is 0.273 e. The molecular weight excluding hydrogens is 272 g/mol. The Balaban J connectivity index is 2.18. The molecule has 0 unspecified atom stereocenters. The zero-order valence-corrected chi connectivity index (χ0v) is 10.4. The predicted octanol–water partition coefficient (Wildman–Crippen LogP) is 0.796. The Labute approximate surface area is 108 Å². The van der Waals surface area contributed by atoms with Crippen molar-refractivity contribution in [1.29, 1.82) is 0 Å². The third kappa shape index (κ3) is 2.95. The molecule has 0 aliphatic carbocycles.